The van der Waals surface area contributed by atoms with Crippen molar-refractivity contribution in [3.63, 3.8) is 0 Å². The first-order valence-corrected chi connectivity index (χ1v) is 14.2. The molecule has 0 unspecified atom stereocenters. The van der Waals surface area contributed by atoms with E-state index < -0.39 is 19.8 Å². The lowest BCUT2D eigenvalue weighted by Crippen LogP contribution is -2.21. The molecule has 1 heterocycles. The zero-order valence-corrected chi connectivity index (χ0v) is 21.5. The first-order valence-electron chi connectivity index (χ1n) is 12.4. The van der Waals surface area contributed by atoms with Crippen LogP contribution < -0.4 is 0 Å². The normalized spacial score (nSPS) is 16.0. The molecule has 0 spiro atoms. The maximum Gasteiger partial charge on any atom is 0.333 e. The quantitative estimate of drug-likeness (QED) is 0.276. The Balaban J connectivity index is 1.65. The summed E-state index contributed by atoms with van der Waals surface area (Å²) in [5.41, 5.74) is 4.50. The Morgan fingerprint density at radius 1 is 1.08 bits per heavy atom. The van der Waals surface area contributed by atoms with Gasteiger partial charge in [-0.1, -0.05) is 42.5 Å². The molecule has 0 bridgehead atoms. The Labute approximate surface area is 211 Å². The lowest BCUT2D eigenvalue weighted by atomic mass is 9.92. The average molecular weight is 514 g/mol. The Kier molecular flexibility index (Phi) is 8.70. The third-order valence-corrected chi connectivity index (χ3v) is 8.31. The van der Waals surface area contributed by atoms with Gasteiger partial charge in [0, 0.05) is 28.9 Å². The standard InChI is InChI=1S/C28H33FNO5P/c1-3-34-36(33,35-4-2)18-23(32)17-22(31)15-16-25-27(19-11-13-21(29)14-12-19)24-7-5-6-8-26(24)30-28(25)20-9-10-20/h5-8,11-16,20,22-23,31-32H,3-4,9-10,17-18H2,1-2H3/t22-,23-/m1/s1. The van der Waals surface area contributed by atoms with E-state index in [0.29, 0.717) is 5.92 Å². The number of rotatable bonds is 12. The number of hydrogen-bond acceptors (Lipinski definition) is 6. The van der Waals surface area contributed by atoms with Crippen LogP contribution in [0.2, 0.25) is 0 Å². The molecule has 1 fully saturated rings. The molecule has 1 saturated carbocycles. The summed E-state index contributed by atoms with van der Waals surface area (Å²) in [6.45, 7) is 3.84. The molecule has 3 aromatic rings. The van der Waals surface area contributed by atoms with Crippen LogP contribution in [0.25, 0.3) is 28.1 Å². The first kappa shape index (κ1) is 26.6. The second kappa shape index (κ2) is 11.8. The number of fused-ring (bicyclic) bond motifs is 1. The summed E-state index contributed by atoms with van der Waals surface area (Å²) >= 11 is 0. The molecule has 8 heteroatoms. The molecule has 192 valence electrons. The largest absolute Gasteiger partial charge is 0.392 e. The number of halogens is 1. The summed E-state index contributed by atoms with van der Waals surface area (Å²) in [6, 6.07) is 14.3. The van der Waals surface area contributed by atoms with Gasteiger partial charge in [-0.25, -0.2) is 4.39 Å². The van der Waals surface area contributed by atoms with Crippen molar-refractivity contribution in [1.82, 2.24) is 4.98 Å². The molecule has 6 nitrogen and oxygen atoms in total. The highest BCUT2D eigenvalue weighted by Crippen LogP contribution is 2.49. The average Bonchev–Trinajstić information content (AvgIpc) is 3.68. The van der Waals surface area contributed by atoms with Crippen LogP contribution in [-0.4, -0.2) is 46.8 Å². The second-order valence-corrected chi connectivity index (χ2v) is 11.1. The predicted octanol–water partition coefficient (Wildman–Crippen LogP) is 6.31. The summed E-state index contributed by atoms with van der Waals surface area (Å²) in [5, 5.41) is 22.1. The van der Waals surface area contributed by atoms with Crippen LogP contribution >= 0.6 is 7.60 Å². The summed E-state index contributed by atoms with van der Waals surface area (Å²) in [7, 11) is -3.43. The Morgan fingerprint density at radius 3 is 2.39 bits per heavy atom. The minimum absolute atomic E-state index is 0.0215. The number of nitrogens with zero attached hydrogens (tertiary/aromatic N) is 1. The van der Waals surface area contributed by atoms with Gasteiger partial charge in [0.05, 0.1) is 42.8 Å². The van der Waals surface area contributed by atoms with E-state index in [1.165, 1.54) is 12.1 Å². The Bertz CT molecular complexity index is 1250. The van der Waals surface area contributed by atoms with Gasteiger partial charge in [-0.15, -0.1) is 0 Å². The van der Waals surface area contributed by atoms with Crippen molar-refractivity contribution in [3.05, 3.63) is 71.7 Å². The van der Waals surface area contributed by atoms with E-state index >= 15 is 0 Å². The molecule has 1 aromatic heterocycles. The maximum atomic E-state index is 13.7. The van der Waals surface area contributed by atoms with Crippen molar-refractivity contribution in [2.24, 2.45) is 0 Å². The SMILES string of the molecule is CCOP(=O)(C[C@H](O)C[C@H](O)C=Cc1c(C2CC2)nc2ccccc2c1-c1ccc(F)cc1)OCC. The third-order valence-electron chi connectivity index (χ3n) is 6.14. The Hall–Kier alpha value is -2.41. The predicted molar refractivity (Wildman–Crippen MR) is 141 cm³/mol. The number of pyridine rings is 1. The number of hydrogen-bond donors (Lipinski definition) is 2. The lowest BCUT2D eigenvalue weighted by Gasteiger charge is -2.21. The lowest BCUT2D eigenvalue weighted by molar-refractivity contribution is 0.110. The molecule has 0 saturated heterocycles. The fraction of sp³-hybridized carbons (Fsp3) is 0.393. The number of aromatic nitrogens is 1. The third kappa shape index (κ3) is 6.47. The zero-order chi connectivity index (χ0) is 25.7. The van der Waals surface area contributed by atoms with Crippen molar-refractivity contribution in [1.29, 1.82) is 0 Å². The summed E-state index contributed by atoms with van der Waals surface area (Å²) in [5.74, 6) is 0.0249. The van der Waals surface area contributed by atoms with Gasteiger partial charge in [0.1, 0.15) is 5.82 Å². The molecule has 0 aliphatic heterocycles. The van der Waals surface area contributed by atoms with E-state index in [9.17, 15) is 19.2 Å². The van der Waals surface area contributed by atoms with Crippen molar-refractivity contribution >= 4 is 24.6 Å². The number of para-hydroxylation sites is 1. The fourth-order valence-corrected chi connectivity index (χ4v) is 6.18. The molecule has 2 N–H and O–H groups in total. The monoisotopic (exact) mass is 513 g/mol. The molecule has 2 atom stereocenters. The van der Waals surface area contributed by atoms with Gasteiger partial charge in [-0.2, -0.15) is 0 Å². The van der Waals surface area contributed by atoms with Crippen molar-refractivity contribution in [2.75, 3.05) is 19.4 Å². The number of benzene rings is 2. The van der Waals surface area contributed by atoms with E-state index in [1.54, 1.807) is 32.1 Å². The molecule has 1 aliphatic carbocycles. The molecule has 0 amide bonds. The van der Waals surface area contributed by atoms with Gasteiger partial charge < -0.3 is 19.3 Å². The van der Waals surface area contributed by atoms with E-state index in [0.717, 1.165) is 46.1 Å². The molecule has 2 aromatic carbocycles. The van der Waals surface area contributed by atoms with Crippen LogP contribution in [0, 0.1) is 5.82 Å². The fourth-order valence-electron chi connectivity index (χ4n) is 4.44. The highest BCUT2D eigenvalue weighted by atomic mass is 31.2. The van der Waals surface area contributed by atoms with Crippen molar-refractivity contribution in [3.8, 4) is 11.1 Å². The van der Waals surface area contributed by atoms with Gasteiger partial charge in [0.15, 0.2) is 0 Å². The number of aliphatic hydroxyl groups is 2. The number of aliphatic hydroxyl groups excluding tert-OH is 2. The van der Waals surface area contributed by atoms with Crippen LogP contribution in [-0.2, 0) is 13.6 Å². The van der Waals surface area contributed by atoms with E-state index in [-0.39, 0.29) is 31.6 Å². The van der Waals surface area contributed by atoms with Gasteiger partial charge in [0.25, 0.3) is 0 Å². The van der Waals surface area contributed by atoms with Crippen LogP contribution in [0.5, 0.6) is 0 Å². The van der Waals surface area contributed by atoms with E-state index in [4.69, 9.17) is 14.0 Å². The van der Waals surface area contributed by atoms with Gasteiger partial charge in [0.2, 0.25) is 0 Å². The van der Waals surface area contributed by atoms with Crippen LogP contribution in [0.1, 0.15) is 50.3 Å². The van der Waals surface area contributed by atoms with E-state index in [1.807, 2.05) is 30.3 Å². The molecule has 0 radical (unpaired) electrons. The van der Waals surface area contributed by atoms with Crippen molar-refractivity contribution in [2.45, 2.75) is 51.2 Å². The smallest absolute Gasteiger partial charge is 0.333 e. The molecular formula is C28H33FNO5P. The molecule has 36 heavy (non-hydrogen) atoms. The molecule has 4 rings (SSSR count). The van der Waals surface area contributed by atoms with E-state index in [2.05, 4.69) is 0 Å². The first-order chi connectivity index (χ1) is 17.3. The minimum atomic E-state index is -3.43. The second-order valence-electron chi connectivity index (χ2n) is 9.03. The molecule has 1 aliphatic rings. The van der Waals surface area contributed by atoms with Gasteiger partial charge >= 0.3 is 7.60 Å². The summed E-state index contributed by atoms with van der Waals surface area (Å²) < 4.78 is 36.9. The zero-order valence-electron chi connectivity index (χ0n) is 20.6. The summed E-state index contributed by atoms with van der Waals surface area (Å²) in [6.07, 6.45) is 3.28. The van der Waals surface area contributed by atoms with Gasteiger partial charge in [-0.3, -0.25) is 9.55 Å². The maximum absolute atomic E-state index is 13.7. The topological polar surface area (TPSA) is 88.9 Å². The van der Waals surface area contributed by atoms with Crippen LogP contribution in [0.15, 0.2) is 54.6 Å². The summed E-state index contributed by atoms with van der Waals surface area (Å²) in [4.78, 5) is 4.94. The highest BCUT2D eigenvalue weighted by molar-refractivity contribution is 7.53. The molecular weight excluding hydrogens is 480 g/mol. The van der Waals surface area contributed by atoms with Crippen molar-refractivity contribution < 1.29 is 28.2 Å². The highest BCUT2D eigenvalue weighted by Gasteiger charge is 2.30. The van der Waals surface area contributed by atoms with Gasteiger partial charge in [-0.05, 0) is 50.5 Å². The van der Waals surface area contributed by atoms with Crippen LogP contribution in [0.4, 0.5) is 4.39 Å². The minimum Gasteiger partial charge on any atom is -0.392 e. The Morgan fingerprint density at radius 2 is 1.75 bits per heavy atom. The van der Waals surface area contributed by atoms with Crippen LogP contribution in [0.3, 0.4) is 0 Å².